The third-order valence-corrected chi connectivity index (χ3v) is 2.47. The molecule has 0 fully saturated rings. The van der Waals surface area contributed by atoms with Crippen molar-refractivity contribution in [3.05, 3.63) is 42.2 Å². The van der Waals surface area contributed by atoms with Crippen LogP contribution in [-0.2, 0) is 0 Å². The highest BCUT2D eigenvalue weighted by Gasteiger charge is 2.08. The first kappa shape index (κ1) is 8.96. The van der Waals surface area contributed by atoms with Crippen LogP contribution in [0.15, 0.2) is 36.5 Å². The Morgan fingerprint density at radius 1 is 1.12 bits per heavy atom. The Balaban J connectivity index is 2.33. The van der Waals surface area contributed by atoms with Crippen LogP contribution in [0.25, 0.3) is 16.9 Å². The largest absolute Gasteiger partial charge is 0.255 e. The number of hydrogen-bond acceptors (Lipinski definition) is 4. The zero-order valence-electron chi connectivity index (χ0n) is 8.70. The normalized spacial score (nSPS) is 10.8. The molecule has 0 bridgehead atoms. The van der Waals surface area contributed by atoms with Crippen LogP contribution in [-0.4, -0.2) is 25.0 Å². The van der Waals surface area contributed by atoms with E-state index in [9.17, 15) is 0 Å². The van der Waals surface area contributed by atoms with Crippen molar-refractivity contribution in [1.82, 2.24) is 25.0 Å². The minimum atomic E-state index is 0.696. The first-order chi connectivity index (χ1) is 7.86. The molecule has 0 atom stereocenters. The highest BCUT2D eigenvalue weighted by Crippen LogP contribution is 2.18. The summed E-state index contributed by atoms with van der Waals surface area (Å²) in [4.78, 5) is 4.29. The Morgan fingerprint density at radius 2 is 1.94 bits per heavy atom. The van der Waals surface area contributed by atoms with E-state index in [2.05, 4.69) is 20.5 Å². The van der Waals surface area contributed by atoms with E-state index in [0.29, 0.717) is 5.65 Å². The molecule has 1 aromatic carbocycles. The lowest BCUT2D eigenvalue weighted by molar-refractivity contribution is 0.824. The maximum atomic E-state index is 4.29. The van der Waals surface area contributed by atoms with Crippen molar-refractivity contribution in [2.24, 2.45) is 0 Å². The molecule has 0 amide bonds. The summed E-state index contributed by atoms with van der Waals surface area (Å²) in [5, 5.41) is 11.6. The molecule has 78 valence electrons. The molecule has 2 aromatic heterocycles. The first-order valence-corrected chi connectivity index (χ1v) is 4.95. The second kappa shape index (κ2) is 3.37. The predicted octanol–water partition coefficient (Wildman–Crippen LogP) is 1.49. The van der Waals surface area contributed by atoms with Crippen LogP contribution in [0, 0.1) is 6.92 Å². The van der Waals surface area contributed by atoms with Crippen LogP contribution in [0.3, 0.4) is 0 Å². The topological polar surface area (TPSA) is 56.0 Å². The van der Waals surface area contributed by atoms with Crippen molar-refractivity contribution < 1.29 is 0 Å². The fraction of sp³-hybridized carbons (Fsp3) is 0.0909. The molecule has 0 aliphatic carbocycles. The van der Waals surface area contributed by atoms with Gasteiger partial charge in [-0.2, -0.15) is 4.52 Å². The molecule has 3 aromatic rings. The monoisotopic (exact) mass is 211 g/mol. The van der Waals surface area contributed by atoms with Gasteiger partial charge >= 0.3 is 0 Å². The second-order valence-electron chi connectivity index (χ2n) is 3.51. The molecule has 0 aliphatic rings. The smallest absolute Gasteiger partial charge is 0.201 e. The highest BCUT2D eigenvalue weighted by molar-refractivity contribution is 5.61. The van der Waals surface area contributed by atoms with Gasteiger partial charge in [0.15, 0.2) is 0 Å². The molecule has 0 saturated heterocycles. The van der Waals surface area contributed by atoms with Gasteiger partial charge in [0, 0.05) is 5.56 Å². The fourth-order valence-corrected chi connectivity index (χ4v) is 1.65. The number of benzene rings is 1. The van der Waals surface area contributed by atoms with Crippen molar-refractivity contribution in [2.45, 2.75) is 6.92 Å². The fourth-order valence-electron chi connectivity index (χ4n) is 1.65. The molecule has 0 aliphatic heterocycles. The van der Waals surface area contributed by atoms with Crippen molar-refractivity contribution >= 4 is 5.65 Å². The number of aryl methyl sites for hydroxylation is 1. The summed E-state index contributed by atoms with van der Waals surface area (Å²) in [5.41, 5.74) is 3.46. The quantitative estimate of drug-likeness (QED) is 0.612. The van der Waals surface area contributed by atoms with Gasteiger partial charge in [-0.3, -0.25) is 4.98 Å². The van der Waals surface area contributed by atoms with E-state index in [1.807, 2.05) is 37.3 Å². The number of fused-ring (bicyclic) bond motifs is 1. The summed E-state index contributed by atoms with van der Waals surface area (Å²) in [7, 11) is 0. The van der Waals surface area contributed by atoms with E-state index >= 15 is 0 Å². The Bertz CT molecular complexity index is 629. The molecule has 0 spiro atoms. The SMILES string of the molecule is Cc1ncc(-c2ccccc2)n2nnnc12. The average molecular weight is 211 g/mol. The van der Waals surface area contributed by atoms with Crippen molar-refractivity contribution in [3.63, 3.8) is 0 Å². The van der Waals surface area contributed by atoms with Gasteiger partial charge in [-0.05, 0) is 17.4 Å². The minimum absolute atomic E-state index is 0.696. The van der Waals surface area contributed by atoms with E-state index in [4.69, 9.17) is 0 Å². The molecule has 0 N–H and O–H groups in total. The zero-order chi connectivity index (χ0) is 11.0. The van der Waals surface area contributed by atoms with Crippen LogP contribution in [0.4, 0.5) is 0 Å². The molecular formula is C11H9N5. The Hall–Kier alpha value is -2.30. The van der Waals surface area contributed by atoms with Crippen molar-refractivity contribution in [2.75, 3.05) is 0 Å². The first-order valence-electron chi connectivity index (χ1n) is 4.95. The molecular weight excluding hydrogens is 202 g/mol. The van der Waals surface area contributed by atoms with E-state index < -0.39 is 0 Å². The Labute approximate surface area is 91.8 Å². The van der Waals surface area contributed by atoms with Gasteiger partial charge in [0.25, 0.3) is 0 Å². The molecule has 0 saturated carbocycles. The third-order valence-electron chi connectivity index (χ3n) is 2.47. The molecule has 0 unspecified atom stereocenters. The minimum Gasteiger partial charge on any atom is -0.255 e. The zero-order valence-corrected chi connectivity index (χ0v) is 8.70. The molecule has 5 nitrogen and oxygen atoms in total. The average Bonchev–Trinajstić information content (AvgIpc) is 2.81. The van der Waals surface area contributed by atoms with E-state index in [0.717, 1.165) is 17.0 Å². The molecule has 5 heteroatoms. The standard InChI is InChI=1S/C11H9N5/c1-8-11-13-14-15-16(11)10(7-12-8)9-5-3-2-4-6-9/h2-7H,1H3. The van der Waals surface area contributed by atoms with Crippen LogP contribution in [0.5, 0.6) is 0 Å². The van der Waals surface area contributed by atoms with Gasteiger partial charge in [0.2, 0.25) is 5.65 Å². The second-order valence-corrected chi connectivity index (χ2v) is 3.51. The van der Waals surface area contributed by atoms with Gasteiger partial charge in [-0.25, -0.2) is 0 Å². The molecule has 16 heavy (non-hydrogen) atoms. The number of aromatic nitrogens is 5. The Morgan fingerprint density at radius 3 is 2.75 bits per heavy atom. The summed E-state index contributed by atoms with van der Waals surface area (Å²) in [6.07, 6.45) is 1.79. The van der Waals surface area contributed by atoms with E-state index in [1.165, 1.54) is 0 Å². The summed E-state index contributed by atoms with van der Waals surface area (Å²) in [6.45, 7) is 1.89. The summed E-state index contributed by atoms with van der Waals surface area (Å²) >= 11 is 0. The van der Waals surface area contributed by atoms with Crippen LogP contribution in [0.2, 0.25) is 0 Å². The molecule has 3 rings (SSSR count). The van der Waals surface area contributed by atoms with Crippen molar-refractivity contribution in [1.29, 1.82) is 0 Å². The van der Waals surface area contributed by atoms with Gasteiger partial charge in [0.1, 0.15) is 0 Å². The lowest BCUT2D eigenvalue weighted by Crippen LogP contribution is -1.98. The maximum absolute atomic E-state index is 4.29. The number of tetrazole rings is 1. The Kier molecular flexibility index (Phi) is 1.89. The number of hydrogen-bond donors (Lipinski definition) is 0. The van der Waals surface area contributed by atoms with Crippen LogP contribution < -0.4 is 0 Å². The molecule has 2 heterocycles. The molecule has 0 radical (unpaired) electrons. The lowest BCUT2D eigenvalue weighted by atomic mass is 10.1. The summed E-state index contributed by atoms with van der Waals surface area (Å²) < 4.78 is 1.71. The third kappa shape index (κ3) is 1.25. The number of rotatable bonds is 1. The van der Waals surface area contributed by atoms with Gasteiger partial charge in [0.05, 0.1) is 17.6 Å². The van der Waals surface area contributed by atoms with E-state index in [-0.39, 0.29) is 0 Å². The van der Waals surface area contributed by atoms with Gasteiger partial charge in [-0.1, -0.05) is 30.3 Å². The van der Waals surface area contributed by atoms with Crippen LogP contribution >= 0.6 is 0 Å². The van der Waals surface area contributed by atoms with Gasteiger partial charge in [-0.15, -0.1) is 5.10 Å². The number of nitrogens with zero attached hydrogens (tertiary/aromatic N) is 5. The van der Waals surface area contributed by atoms with Gasteiger partial charge < -0.3 is 0 Å². The summed E-state index contributed by atoms with van der Waals surface area (Å²) in [5.74, 6) is 0. The van der Waals surface area contributed by atoms with Crippen LogP contribution in [0.1, 0.15) is 5.69 Å². The van der Waals surface area contributed by atoms with Crippen molar-refractivity contribution in [3.8, 4) is 11.3 Å². The maximum Gasteiger partial charge on any atom is 0.201 e. The summed E-state index contributed by atoms with van der Waals surface area (Å²) in [6, 6.07) is 9.94. The predicted molar refractivity (Wildman–Crippen MR) is 58.8 cm³/mol. The lowest BCUT2D eigenvalue weighted by Gasteiger charge is -2.03. The highest BCUT2D eigenvalue weighted by atomic mass is 15.5. The van der Waals surface area contributed by atoms with E-state index in [1.54, 1.807) is 10.7 Å².